The van der Waals surface area contributed by atoms with Crippen LogP contribution < -0.4 is 0 Å². The van der Waals surface area contributed by atoms with Gasteiger partial charge in [-0.05, 0) is 13.0 Å². The predicted octanol–water partition coefficient (Wildman–Crippen LogP) is 1.42. The molecule has 0 radical (unpaired) electrons. The minimum absolute atomic E-state index is 0.497. The topological polar surface area (TPSA) is 30.2 Å². The first-order valence-corrected chi connectivity index (χ1v) is 3.35. The van der Waals surface area contributed by atoms with Crippen LogP contribution >= 0.6 is 11.6 Å². The summed E-state index contributed by atoms with van der Waals surface area (Å²) in [7, 11) is 0. The molecule has 10 heavy (non-hydrogen) atoms. The Labute approximate surface area is 64.3 Å². The fourth-order valence-electron chi connectivity index (χ4n) is 0.656. The molecule has 3 nitrogen and oxygen atoms in total. The maximum atomic E-state index is 5.23. The van der Waals surface area contributed by atoms with Crippen molar-refractivity contribution in [1.82, 2.24) is 9.78 Å². The van der Waals surface area contributed by atoms with Gasteiger partial charge in [-0.15, -0.1) is 0 Å². The van der Waals surface area contributed by atoms with E-state index in [1.807, 2.05) is 19.2 Å². The van der Waals surface area contributed by atoms with E-state index in [1.54, 1.807) is 4.68 Å². The number of rotatable bonds is 2. The molecule has 0 amide bonds. The molecule has 0 unspecified atom stereocenters. The van der Waals surface area contributed by atoms with Gasteiger partial charge in [0.2, 0.25) is 0 Å². The Morgan fingerprint density at radius 3 is 3.20 bits per heavy atom. The number of nitrogens with zero attached hydrogens (tertiary/aromatic N) is 3. The average molecular weight is 158 g/mol. The van der Waals surface area contributed by atoms with Crippen LogP contribution in [0.15, 0.2) is 17.3 Å². The lowest BCUT2D eigenvalue weighted by Crippen LogP contribution is -1.95. The zero-order valence-corrected chi connectivity index (χ0v) is 6.41. The molecule has 0 N–H and O–H groups in total. The van der Waals surface area contributed by atoms with Gasteiger partial charge < -0.3 is 0 Å². The minimum atomic E-state index is 0.497. The number of aliphatic imine (C=N–C) groups is 1. The summed E-state index contributed by atoms with van der Waals surface area (Å²) in [6.07, 6.45) is 1.86. The van der Waals surface area contributed by atoms with Gasteiger partial charge in [0, 0.05) is 6.20 Å². The summed E-state index contributed by atoms with van der Waals surface area (Å²) in [4.78, 5) is 3.80. The summed E-state index contributed by atoms with van der Waals surface area (Å²) in [6.45, 7) is 2.43. The maximum Gasteiger partial charge on any atom is 0.132 e. The van der Waals surface area contributed by atoms with Crippen LogP contribution in [0.4, 0.5) is 0 Å². The van der Waals surface area contributed by atoms with Crippen LogP contribution in [-0.4, -0.2) is 15.5 Å². The zero-order chi connectivity index (χ0) is 7.40. The molecule has 0 saturated heterocycles. The maximum absolute atomic E-state index is 5.23. The molecule has 1 heterocycles. The predicted molar refractivity (Wildman–Crippen MR) is 41.3 cm³/mol. The molecule has 1 rings (SSSR count). The van der Waals surface area contributed by atoms with Gasteiger partial charge in [0.25, 0.3) is 0 Å². The van der Waals surface area contributed by atoms with E-state index in [0.717, 1.165) is 5.69 Å². The Bertz CT molecular complexity index is 229. The van der Waals surface area contributed by atoms with E-state index in [2.05, 4.69) is 10.1 Å². The normalized spacial score (nSPS) is 11.0. The molecule has 54 valence electrons. The highest BCUT2D eigenvalue weighted by molar-refractivity contribution is 6.56. The molecule has 0 spiro atoms. The third-order valence-corrected chi connectivity index (χ3v) is 1.21. The van der Waals surface area contributed by atoms with Gasteiger partial charge in [0.15, 0.2) is 0 Å². The van der Waals surface area contributed by atoms with Crippen LogP contribution in [-0.2, 0) is 6.67 Å². The summed E-state index contributed by atoms with van der Waals surface area (Å²) in [5.74, 6) is 0. The Morgan fingerprint density at radius 2 is 2.70 bits per heavy atom. The number of halogens is 1. The molecule has 0 aliphatic carbocycles. The van der Waals surface area contributed by atoms with Crippen LogP contribution in [0.3, 0.4) is 0 Å². The first kappa shape index (κ1) is 7.28. The summed E-state index contributed by atoms with van der Waals surface area (Å²) < 4.78 is 1.72. The van der Waals surface area contributed by atoms with Crippen molar-refractivity contribution in [3.05, 3.63) is 18.0 Å². The summed E-state index contributed by atoms with van der Waals surface area (Å²) in [5.41, 5.74) is 2.24. The third-order valence-electron chi connectivity index (χ3n) is 1.07. The fourth-order valence-corrected chi connectivity index (χ4v) is 0.718. The molecule has 4 heteroatoms. The van der Waals surface area contributed by atoms with Crippen LogP contribution in [0.2, 0.25) is 0 Å². The Morgan fingerprint density at radius 1 is 1.90 bits per heavy atom. The highest BCUT2D eigenvalue weighted by Gasteiger charge is 1.88. The van der Waals surface area contributed by atoms with Gasteiger partial charge >= 0.3 is 0 Å². The fraction of sp³-hybridized carbons (Fsp3) is 0.333. The number of hydrogen-bond acceptors (Lipinski definition) is 2. The second-order valence-corrected chi connectivity index (χ2v) is 2.11. The van der Waals surface area contributed by atoms with E-state index in [9.17, 15) is 0 Å². The van der Waals surface area contributed by atoms with Gasteiger partial charge in [-0.3, -0.25) is 9.67 Å². The highest BCUT2D eigenvalue weighted by atomic mass is 35.5. The van der Waals surface area contributed by atoms with Crippen LogP contribution in [0.5, 0.6) is 0 Å². The van der Waals surface area contributed by atoms with Crippen molar-refractivity contribution in [3.8, 4) is 0 Å². The summed E-state index contributed by atoms with van der Waals surface area (Å²) >= 11 is 5.23. The average Bonchev–Trinajstić information content (AvgIpc) is 2.31. The lowest BCUT2D eigenvalue weighted by Gasteiger charge is -1.91. The van der Waals surface area contributed by atoms with E-state index < -0.39 is 0 Å². The molecule has 1 aromatic rings. The quantitative estimate of drug-likeness (QED) is 0.598. The summed E-state index contributed by atoms with van der Waals surface area (Å²) in [6, 6.07) is 1.92. The SMILES string of the molecule is Cc1ccn(C/N=C/Cl)n1. The lowest BCUT2D eigenvalue weighted by atomic mass is 10.5. The molecule has 0 aliphatic heterocycles. The van der Waals surface area contributed by atoms with Crippen LogP contribution in [0.25, 0.3) is 0 Å². The molecule has 0 bridgehead atoms. The lowest BCUT2D eigenvalue weighted by molar-refractivity contribution is 0.637. The number of aromatic nitrogens is 2. The van der Waals surface area contributed by atoms with E-state index in [1.165, 1.54) is 5.67 Å². The molecule has 1 aromatic heterocycles. The molecule has 0 fully saturated rings. The third kappa shape index (κ3) is 1.84. The largest absolute Gasteiger partial charge is 0.258 e. The number of aryl methyl sites for hydroxylation is 1. The van der Waals surface area contributed by atoms with E-state index in [4.69, 9.17) is 11.6 Å². The molecular formula is C6H8ClN3. The summed E-state index contributed by atoms with van der Waals surface area (Å²) in [5, 5.41) is 4.09. The monoisotopic (exact) mass is 157 g/mol. The zero-order valence-electron chi connectivity index (χ0n) is 5.66. The molecule has 0 saturated carbocycles. The van der Waals surface area contributed by atoms with Gasteiger partial charge in [0.05, 0.1) is 11.4 Å². The smallest absolute Gasteiger partial charge is 0.132 e. The second-order valence-electron chi connectivity index (χ2n) is 1.92. The first-order chi connectivity index (χ1) is 4.83. The van der Waals surface area contributed by atoms with Crippen molar-refractivity contribution in [2.24, 2.45) is 4.99 Å². The van der Waals surface area contributed by atoms with Gasteiger partial charge in [-0.2, -0.15) is 5.10 Å². The van der Waals surface area contributed by atoms with Crippen molar-refractivity contribution >= 4 is 17.3 Å². The first-order valence-electron chi connectivity index (χ1n) is 2.91. The molecule has 0 aromatic carbocycles. The van der Waals surface area contributed by atoms with Crippen molar-refractivity contribution in [1.29, 1.82) is 0 Å². The van der Waals surface area contributed by atoms with Crippen molar-refractivity contribution < 1.29 is 0 Å². The molecule has 0 atom stereocenters. The van der Waals surface area contributed by atoms with E-state index in [-0.39, 0.29) is 0 Å². The van der Waals surface area contributed by atoms with Gasteiger partial charge in [-0.25, -0.2) is 0 Å². The van der Waals surface area contributed by atoms with Gasteiger partial charge in [-0.1, -0.05) is 11.6 Å². The Kier molecular flexibility index (Phi) is 2.45. The molecule has 0 aliphatic rings. The van der Waals surface area contributed by atoms with Gasteiger partial charge in [0.1, 0.15) is 6.67 Å². The van der Waals surface area contributed by atoms with Crippen LogP contribution in [0.1, 0.15) is 5.69 Å². The number of hydrogen-bond donors (Lipinski definition) is 0. The minimum Gasteiger partial charge on any atom is -0.258 e. The highest BCUT2D eigenvalue weighted by Crippen LogP contribution is 1.91. The Balaban J connectivity index is 2.58. The van der Waals surface area contributed by atoms with Crippen molar-refractivity contribution in [2.45, 2.75) is 13.6 Å². The van der Waals surface area contributed by atoms with E-state index in [0.29, 0.717) is 6.67 Å². The Hall–Kier alpha value is -0.830. The standard InChI is InChI=1S/C6H8ClN3/c1-6-2-3-10(9-6)5-8-4-7/h2-4H,5H2,1H3/b8-4+. The second kappa shape index (κ2) is 3.37. The van der Waals surface area contributed by atoms with Crippen LogP contribution in [0, 0.1) is 6.92 Å². The van der Waals surface area contributed by atoms with Crippen molar-refractivity contribution in [3.63, 3.8) is 0 Å². The molecular weight excluding hydrogens is 150 g/mol. The van der Waals surface area contributed by atoms with E-state index >= 15 is 0 Å². The van der Waals surface area contributed by atoms with Crippen molar-refractivity contribution in [2.75, 3.05) is 0 Å².